The van der Waals surface area contributed by atoms with E-state index < -0.39 is 27.9 Å². The van der Waals surface area contributed by atoms with Crippen LogP contribution in [0.4, 0.5) is 11.4 Å². The molecule has 0 aliphatic heterocycles. The SMILES string of the molecule is CCOC(=O)c1cccc(N(C(C)C)S(=O)(=O)c2cccc(C(=O)NC3=C(C(=O)Nc4ccc(CCc5ccc(C(=O)OC)cc5)cc4)C4=C(CCCC4)C3)c2)c1. The third-order valence-corrected chi connectivity index (χ3v) is 12.1. The van der Waals surface area contributed by atoms with E-state index in [1.54, 1.807) is 51.1 Å². The Kier molecular flexibility index (Phi) is 12.7. The predicted octanol–water partition coefficient (Wildman–Crippen LogP) is 7.94. The number of aryl methyl sites for hydroxylation is 2. The summed E-state index contributed by atoms with van der Waals surface area (Å²) in [6, 6.07) is 26.5. The molecular weight excluding hydrogens is 743 g/mol. The fourth-order valence-electron chi connectivity index (χ4n) is 7.31. The van der Waals surface area contributed by atoms with E-state index in [9.17, 15) is 27.6 Å². The van der Waals surface area contributed by atoms with Gasteiger partial charge in [-0.1, -0.05) is 42.0 Å². The van der Waals surface area contributed by atoms with Gasteiger partial charge in [0.1, 0.15) is 0 Å². The normalized spacial score (nSPS) is 13.9. The number of benzene rings is 4. The Morgan fingerprint density at radius 3 is 2.05 bits per heavy atom. The van der Waals surface area contributed by atoms with E-state index in [-0.39, 0.29) is 40.2 Å². The molecule has 0 unspecified atom stereocenters. The molecule has 2 amide bonds. The molecule has 296 valence electrons. The number of methoxy groups -OCH3 is 1. The largest absolute Gasteiger partial charge is 0.465 e. The summed E-state index contributed by atoms with van der Waals surface area (Å²) in [4.78, 5) is 51.9. The number of nitrogens with zero attached hydrogens (tertiary/aromatic N) is 1. The van der Waals surface area contributed by atoms with Crippen LogP contribution in [0.25, 0.3) is 0 Å². The third kappa shape index (κ3) is 9.35. The minimum Gasteiger partial charge on any atom is -0.465 e. The van der Waals surface area contributed by atoms with Gasteiger partial charge < -0.3 is 20.1 Å². The first kappa shape index (κ1) is 40.6. The molecule has 0 saturated carbocycles. The maximum absolute atomic E-state index is 14.1. The van der Waals surface area contributed by atoms with Gasteiger partial charge in [-0.2, -0.15) is 0 Å². The zero-order valence-corrected chi connectivity index (χ0v) is 33.4. The Balaban J connectivity index is 1.18. The highest BCUT2D eigenvalue weighted by Gasteiger charge is 2.33. The minimum atomic E-state index is -4.19. The second-order valence-corrected chi connectivity index (χ2v) is 16.1. The Morgan fingerprint density at radius 1 is 0.737 bits per heavy atom. The van der Waals surface area contributed by atoms with E-state index in [0.717, 1.165) is 60.8 Å². The molecule has 0 spiro atoms. The van der Waals surface area contributed by atoms with Crippen LogP contribution >= 0.6 is 0 Å². The van der Waals surface area contributed by atoms with E-state index >= 15 is 0 Å². The number of ether oxygens (including phenoxy) is 2. The summed E-state index contributed by atoms with van der Waals surface area (Å²) in [5.74, 6) is -1.78. The van der Waals surface area contributed by atoms with Gasteiger partial charge in [0.05, 0.1) is 41.0 Å². The second-order valence-electron chi connectivity index (χ2n) is 14.3. The number of hydrogen-bond donors (Lipinski definition) is 2. The topological polar surface area (TPSA) is 148 Å². The average Bonchev–Trinajstić information content (AvgIpc) is 3.58. The molecular formula is C45H47N3O8S. The number of anilines is 2. The average molecular weight is 790 g/mol. The summed E-state index contributed by atoms with van der Waals surface area (Å²) in [5.41, 5.74) is 6.95. The molecule has 0 saturated heterocycles. The lowest BCUT2D eigenvalue weighted by atomic mass is 9.90. The Bertz CT molecular complexity index is 2350. The molecule has 2 aliphatic carbocycles. The lowest BCUT2D eigenvalue weighted by Crippen LogP contribution is -2.37. The van der Waals surface area contributed by atoms with Crippen molar-refractivity contribution in [1.82, 2.24) is 5.32 Å². The van der Waals surface area contributed by atoms with Crippen molar-refractivity contribution >= 4 is 45.2 Å². The van der Waals surface area contributed by atoms with Gasteiger partial charge in [0.25, 0.3) is 21.8 Å². The van der Waals surface area contributed by atoms with Crippen LogP contribution in [0.1, 0.15) is 95.1 Å². The summed E-state index contributed by atoms with van der Waals surface area (Å²) in [5, 5.41) is 6.00. The van der Waals surface area contributed by atoms with Crippen LogP contribution < -0.4 is 14.9 Å². The van der Waals surface area contributed by atoms with Crippen LogP contribution in [0.5, 0.6) is 0 Å². The monoisotopic (exact) mass is 789 g/mol. The first-order valence-electron chi connectivity index (χ1n) is 19.1. The maximum atomic E-state index is 14.1. The fraction of sp³-hybridized carbons (Fsp3) is 0.289. The number of carbonyl (C=O) groups excluding carboxylic acids is 4. The molecule has 0 fully saturated rings. The molecule has 2 aliphatic rings. The van der Waals surface area contributed by atoms with E-state index in [2.05, 4.69) is 10.6 Å². The number of allylic oxidation sites excluding steroid dienone is 1. The van der Waals surface area contributed by atoms with Crippen LogP contribution in [0.15, 0.2) is 124 Å². The van der Waals surface area contributed by atoms with E-state index in [4.69, 9.17) is 9.47 Å². The number of rotatable bonds is 14. The van der Waals surface area contributed by atoms with E-state index in [0.29, 0.717) is 28.9 Å². The van der Waals surface area contributed by atoms with Crippen molar-refractivity contribution in [3.63, 3.8) is 0 Å². The van der Waals surface area contributed by atoms with Crippen molar-refractivity contribution in [3.8, 4) is 0 Å². The van der Waals surface area contributed by atoms with Gasteiger partial charge in [0.15, 0.2) is 0 Å². The van der Waals surface area contributed by atoms with Gasteiger partial charge in [-0.15, -0.1) is 0 Å². The molecule has 0 atom stereocenters. The molecule has 0 aromatic heterocycles. The lowest BCUT2D eigenvalue weighted by Gasteiger charge is -2.28. The minimum absolute atomic E-state index is 0.0962. The number of hydrogen-bond acceptors (Lipinski definition) is 8. The van der Waals surface area contributed by atoms with Crippen LogP contribution in [0.3, 0.4) is 0 Å². The van der Waals surface area contributed by atoms with Crippen LogP contribution in [0, 0.1) is 0 Å². The van der Waals surface area contributed by atoms with Crippen molar-refractivity contribution in [2.45, 2.75) is 76.7 Å². The zero-order chi connectivity index (χ0) is 40.7. The molecule has 12 heteroatoms. The highest BCUT2D eigenvalue weighted by atomic mass is 32.2. The van der Waals surface area contributed by atoms with Crippen molar-refractivity contribution < 1.29 is 37.1 Å². The van der Waals surface area contributed by atoms with Crippen molar-refractivity contribution in [2.24, 2.45) is 0 Å². The summed E-state index contributed by atoms with van der Waals surface area (Å²) in [6.07, 6.45) is 5.47. The van der Waals surface area contributed by atoms with Crippen LogP contribution in [-0.4, -0.2) is 51.9 Å². The fourth-order valence-corrected chi connectivity index (χ4v) is 9.01. The van der Waals surface area contributed by atoms with Gasteiger partial charge in [-0.25, -0.2) is 18.0 Å². The molecule has 4 aromatic rings. The zero-order valence-electron chi connectivity index (χ0n) is 32.6. The summed E-state index contributed by atoms with van der Waals surface area (Å²) in [7, 11) is -2.84. The maximum Gasteiger partial charge on any atom is 0.338 e. The Hall–Kier alpha value is -6.01. The molecule has 2 N–H and O–H groups in total. The standard InChI is InChI=1S/C45H47N3O8S/c1-5-56-45(52)35-12-8-13-37(26-35)48(29(2)3)57(53,54)38-14-9-11-34(27-38)42(49)47-40-28-33-10-6-7-15-39(33)41(40)43(50)46-36-24-20-31(21-25-36)17-16-30-18-22-32(23-19-30)44(51)55-4/h8-9,11-14,18-27,29H,5-7,10,15-17,28H2,1-4H3,(H,46,50)(H,47,49). The molecule has 0 radical (unpaired) electrons. The van der Waals surface area contributed by atoms with Crippen LogP contribution in [-0.2, 0) is 37.1 Å². The smallest absolute Gasteiger partial charge is 0.338 e. The molecule has 6 rings (SSSR count). The molecule has 4 aromatic carbocycles. The van der Waals surface area contributed by atoms with E-state index in [1.807, 2.05) is 36.4 Å². The van der Waals surface area contributed by atoms with Gasteiger partial charge in [0.2, 0.25) is 0 Å². The molecule has 0 heterocycles. The van der Waals surface area contributed by atoms with Crippen molar-refractivity contribution in [3.05, 3.63) is 147 Å². The Labute approximate surface area is 333 Å². The van der Waals surface area contributed by atoms with E-state index in [1.165, 1.54) is 41.7 Å². The number of amides is 2. The van der Waals surface area contributed by atoms with Gasteiger partial charge >= 0.3 is 11.9 Å². The molecule has 0 bridgehead atoms. The first-order chi connectivity index (χ1) is 27.4. The molecule has 11 nitrogen and oxygen atoms in total. The second kappa shape index (κ2) is 17.8. The van der Waals surface area contributed by atoms with Gasteiger partial charge in [-0.3, -0.25) is 13.9 Å². The molecule has 57 heavy (non-hydrogen) atoms. The third-order valence-electron chi connectivity index (χ3n) is 10.1. The van der Waals surface area contributed by atoms with Gasteiger partial charge in [0, 0.05) is 29.4 Å². The number of carbonyl (C=O) groups is 4. The summed E-state index contributed by atoms with van der Waals surface area (Å²) >= 11 is 0. The quantitative estimate of drug-likeness (QED) is 0.122. The lowest BCUT2D eigenvalue weighted by molar-refractivity contribution is -0.112. The van der Waals surface area contributed by atoms with Crippen LogP contribution in [0.2, 0.25) is 0 Å². The number of nitrogens with one attached hydrogen (secondary N) is 2. The Morgan fingerprint density at radius 2 is 1.39 bits per heavy atom. The predicted molar refractivity (Wildman–Crippen MR) is 219 cm³/mol. The highest BCUT2D eigenvalue weighted by Crippen LogP contribution is 2.41. The first-order valence-corrected chi connectivity index (χ1v) is 20.6. The highest BCUT2D eigenvalue weighted by molar-refractivity contribution is 7.92. The number of esters is 2. The summed E-state index contributed by atoms with van der Waals surface area (Å²) < 4.78 is 39.4. The van der Waals surface area contributed by atoms with Gasteiger partial charge in [-0.05, 0) is 137 Å². The summed E-state index contributed by atoms with van der Waals surface area (Å²) in [6.45, 7) is 5.33. The number of sulfonamides is 1. The van der Waals surface area contributed by atoms with Crippen molar-refractivity contribution in [1.29, 1.82) is 0 Å². The van der Waals surface area contributed by atoms with Crippen molar-refractivity contribution in [2.75, 3.05) is 23.3 Å².